The largest absolute Gasteiger partial charge is 0.461 e. The lowest BCUT2D eigenvalue weighted by molar-refractivity contribution is -0.156. The predicted octanol–water partition coefficient (Wildman–Crippen LogP) is 3.49. The standard InChI is InChI=1S/C20H22O9/c1-23-19(17-7-5-14(10-22)28-17)26-12-16-6-8-18(29-16)20(24-2)25-11-15-4-3-13(9-21)27-15/h3-8,10,19-21H,9,11-12H2,1-2H3. The molecule has 156 valence electrons. The summed E-state index contributed by atoms with van der Waals surface area (Å²) in [6, 6.07) is 9.98. The predicted molar refractivity (Wildman–Crippen MR) is 96.5 cm³/mol. The second-order valence-corrected chi connectivity index (χ2v) is 5.95. The molecule has 0 amide bonds. The van der Waals surface area contributed by atoms with Crippen LogP contribution >= 0.6 is 0 Å². The van der Waals surface area contributed by atoms with Crippen LogP contribution in [0.4, 0.5) is 0 Å². The normalized spacial score (nSPS) is 13.5. The first-order chi connectivity index (χ1) is 14.2. The highest BCUT2D eigenvalue weighted by Crippen LogP contribution is 2.26. The minimum atomic E-state index is -0.786. The molecule has 0 saturated carbocycles. The fraction of sp³-hybridized carbons (Fsp3) is 0.350. The second-order valence-electron chi connectivity index (χ2n) is 5.95. The van der Waals surface area contributed by atoms with Crippen molar-refractivity contribution in [1.82, 2.24) is 0 Å². The molecule has 0 bridgehead atoms. The first-order valence-electron chi connectivity index (χ1n) is 8.77. The highest BCUT2D eigenvalue weighted by Gasteiger charge is 2.19. The van der Waals surface area contributed by atoms with Crippen molar-refractivity contribution in [1.29, 1.82) is 0 Å². The van der Waals surface area contributed by atoms with Crippen molar-refractivity contribution in [2.45, 2.75) is 32.4 Å². The smallest absolute Gasteiger partial charge is 0.217 e. The lowest BCUT2D eigenvalue weighted by Crippen LogP contribution is -2.06. The van der Waals surface area contributed by atoms with E-state index in [1.807, 2.05) is 0 Å². The van der Waals surface area contributed by atoms with Gasteiger partial charge in [-0.25, -0.2) is 0 Å². The van der Waals surface area contributed by atoms with Crippen LogP contribution in [-0.2, 0) is 38.8 Å². The summed E-state index contributed by atoms with van der Waals surface area (Å²) in [5.74, 6) is 2.56. The van der Waals surface area contributed by atoms with Gasteiger partial charge in [0.25, 0.3) is 0 Å². The molecule has 2 unspecified atom stereocenters. The lowest BCUT2D eigenvalue weighted by Gasteiger charge is -2.14. The Hall–Kier alpha value is -2.69. The SMILES string of the molecule is COC(OCc1ccc(C(OC)OCc2ccc(CO)o2)o1)c1ccc(C=O)o1. The molecule has 1 N–H and O–H groups in total. The number of methoxy groups -OCH3 is 2. The molecule has 0 aliphatic rings. The summed E-state index contributed by atoms with van der Waals surface area (Å²) in [6.07, 6.45) is -0.927. The molecule has 0 radical (unpaired) electrons. The summed E-state index contributed by atoms with van der Waals surface area (Å²) < 4.78 is 38.3. The zero-order valence-electron chi connectivity index (χ0n) is 16.0. The fourth-order valence-corrected chi connectivity index (χ4v) is 2.59. The van der Waals surface area contributed by atoms with E-state index in [0.29, 0.717) is 35.1 Å². The Labute approximate surface area is 166 Å². The second kappa shape index (κ2) is 10.2. The first-order valence-corrected chi connectivity index (χ1v) is 8.77. The van der Waals surface area contributed by atoms with Gasteiger partial charge in [0, 0.05) is 14.2 Å². The van der Waals surface area contributed by atoms with Crippen LogP contribution in [0, 0.1) is 0 Å². The van der Waals surface area contributed by atoms with E-state index in [2.05, 4.69) is 0 Å². The Morgan fingerprint density at radius 3 is 1.93 bits per heavy atom. The number of aliphatic hydroxyl groups excluding tert-OH is 1. The van der Waals surface area contributed by atoms with Gasteiger partial charge in [-0.15, -0.1) is 0 Å². The molecule has 3 aromatic heterocycles. The van der Waals surface area contributed by atoms with Gasteiger partial charge < -0.3 is 37.3 Å². The Kier molecular flexibility index (Phi) is 7.39. The lowest BCUT2D eigenvalue weighted by atomic mass is 10.4. The molecule has 2 atom stereocenters. The Balaban J connectivity index is 1.55. The molecule has 0 saturated heterocycles. The van der Waals surface area contributed by atoms with E-state index >= 15 is 0 Å². The molecule has 0 fully saturated rings. The molecule has 3 heterocycles. The van der Waals surface area contributed by atoms with Gasteiger partial charge in [0.1, 0.15) is 37.1 Å². The number of hydrogen-bond donors (Lipinski definition) is 1. The van der Waals surface area contributed by atoms with Gasteiger partial charge in [0.2, 0.25) is 12.6 Å². The molecular weight excluding hydrogens is 384 g/mol. The van der Waals surface area contributed by atoms with E-state index in [4.69, 9.17) is 37.3 Å². The van der Waals surface area contributed by atoms with Gasteiger partial charge in [-0.3, -0.25) is 4.79 Å². The van der Waals surface area contributed by atoms with E-state index < -0.39 is 12.6 Å². The first kappa shape index (κ1) is 21.0. The average Bonchev–Trinajstić information content (AvgIpc) is 3.50. The molecule has 0 aliphatic carbocycles. The van der Waals surface area contributed by atoms with Crippen LogP contribution in [0.1, 0.15) is 51.9 Å². The molecular formula is C20H22O9. The number of aldehydes is 1. The fourth-order valence-electron chi connectivity index (χ4n) is 2.59. The Morgan fingerprint density at radius 1 is 0.828 bits per heavy atom. The number of carbonyl (C=O) groups excluding carboxylic acids is 1. The molecule has 0 aromatic carbocycles. The third-order valence-electron chi connectivity index (χ3n) is 3.97. The van der Waals surface area contributed by atoms with Crippen LogP contribution in [0.2, 0.25) is 0 Å². The molecule has 9 heteroatoms. The van der Waals surface area contributed by atoms with Crippen molar-refractivity contribution >= 4 is 6.29 Å². The maximum atomic E-state index is 10.7. The van der Waals surface area contributed by atoms with E-state index in [0.717, 1.165) is 0 Å². The molecule has 9 nitrogen and oxygen atoms in total. The Bertz CT molecular complexity index is 891. The summed E-state index contributed by atoms with van der Waals surface area (Å²) in [5.41, 5.74) is 0. The van der Waals surface area contributed by atoms with E-state index in [1.54, 1.807) is 30.3 Å². The number of aliphatic hydroxyl groups is 1. The summed E-state index contributed by atoms with van der Waals surface area (Å²) in [4.78, 5) is 10.7. The van der Waals surface area contributed by atoms with Crippen LogP contribution in [-0.4, -0.2) is 25.6 Å². The number of rotatable bonds is 12. The van der Waals surface area contributed by atoms with Crippen molar-refractivity contribution in [3.05, 3.63) is 71.0 Å². The van der Waals surface area contributed by atoms with Gasteiger partial charge in [-0.1, -0.05) is 0 Å². The third-order valence-corrected chi connectivity index (χ3v) is 3.97. The van der Waals surface area contributed by atoms with Crippen LogP contribution < -0.4 is 0 Å². The average molecular weight is 406 g/mol. The monoisotopic (exact) mass is 406 g/mol. The van der Waals surface area contributed by atoms with E-state index in [1.165, 1.54) is 20.3 Å². The summed E-state index contributed by atoms with van der Waals surface area (Å²) >= 11 is 0. The topological polar surface area (TPSA) is 114 Å². The van der Waals surface area contributed by atoms with Gasteiger partial charge in [-0.05, 0) is 36.4 Å². The summed E-state index contributed by atoms with van der Waals surface area (Å²) in [7, 11) is 2.96. The maximum absolute atomic E-state index is 10.7. The van der Waals surface area contributed by atoms with Crippen LogP contribution in [0.3, 0.4) is 0 Å². The zero-order valence-corrected chi connectivity index (χ0v) is 16.0. The quantitative estimate of drug-likeness (QED) is 0.356. The highest BCUT2D eigenvalue weighted by atomic mass is 16.7. The summed E-state index contributed by atoms with van der Waals surface area (Å²) in [5, 5.41) is 9.03. The van der Waals surface area contributed by atoms with Gasteiger partial charge >= 0.3 is 0 Å². The van der Waals surface area contributed by atoms with Crippen LogP contribution in [0.15, 0.2) is 49.6 Å². The van der Waals surface area contributed by atoms with Gasteiger partial charge in [-0.2, -0.15) is 0 Å². The number of carbonyl (C=O) groups is 1. The molecule has 3 rings (SSSR count). The van der Waals surface area contributed by atoms with Crippen LogP contribution in [0.5, 0.6) is 0 Å². The van der Waals surface area contributed by atoms with Gasteiger partial charge in [0.15, 0.2) is 23.6 Å². The zero-order chi connectivity index (χ0) is 20.6. The van der Waals surface area contributed by atoms with E-state index in [9.17, 15) is 4.79 Å². The minimum absolute atomic E-state index is 0.101. The molecule has 0 aliphatic heterocycles. The van der Waals surface area contributed by atoms with Crippen molar-refractivity contribution in [2.75, 3.05) is 14.2 Å². The van der Waals surface area contributed by atoms with Crippen molar-refractivity contribution in [2.24, 2.45) is 0 Å². The number of furan rings is 3. The van der Waals surface area contributed by atoms with Crippen molar-refractivity contribution < 1.29 is 42.1 Å². The van der Waals surface area contributed by atoms with Crippen molar-refractivity contribution in [3.8, 4) is 0 Å². The molecule has 3 aromatic rings. The number of ether oxygens (including phenoxy) is 4. The minimum Gasteiger partial charge on any atom is -0.461 e. The van der Waals surface area contributed by atoms with Crippen molar-refractivity contribution in [3.63, 3.8) is 0 Å². The van der Waals surface area contributed by atoms with Gasteiger partial charge in [0.05, 0.1) is 0 Å². The molecule has 29 heavy (non-hydrogen) atoms. The molecule has 0 spiro atoms. The number of hydrogen-bond acceptors (Lipinski definition) is 9. The highest BCUT2D eigenvalue weighted by molar-refractivity contribution is 5.70. The van der Waals surface area contributed by atoms with Crippen LogP contribution in [0.25, 0.3) is 0 Å². The maximum Gasteiger partial charge on any atom is 0.217 e. The van der Waals surface area contributed by atoms with E-state index in [-0.39, 0.29) is 25.6 Å². The summed E-state index contributed by atoms with van der Waals surface area (Å²) in [6.45, 7) is 0.0740. The third kappa shape index (κ3) is 5.43. The Morgan fingerprint density at radius 2 is 1.38 bits per heavy atom.